The van der Waals surface area contributed by atoms with E-state index in [0.717, 1.165) is 12.1 Å². The summed E-state index contributed by atoms with van der Waals surface area (Å²) >= 11 is 0. The van der Waals surface area contributed by atoms with Crippen LogP contribution < -0.4 is 5.73 Å². The Labute approximate surface area is 85.5 Å². The first-order valence-electron chi connectivity index (χ1n) is 4.20. The molecule has 6 heteroatoms. The van der Waals surface area contributed by atoms with Gasteiger partial charge in [0.1, 0.15) is 5.75 Å². The molecule has 1 rings (SSSR count). The largest absolute Gasteiger partial charge is 0.508 e. The summed E-state index contributed by atoms with van der Waals surface area (Å²) in [4.78, 5) is 20.7. The number of non-ortho nitro benzene ring substituents is 1. The molecular weight excluding hydrogens is 200 g/mol. The van der Waals surface area contributed by atoms with Gasteiger partial charge >= 0.3 is 0 Å². The zero-order chi connectivity index (χ0) is 11.6. The summed E-state index contributed by atoms with van der Waals surface area (Å²) in [5.74, 6) is -1.58. The Morgan fingerprint density at radius 1 is 1.60 bits per heavy atom. The van der Waals surface area contributed by atoms with Gasteiger partial charge in [0.15, 0.2) is 0 Å². The number of nitro benzene ring substituents is 1. The predicted molar refractivity (Wildman–Crippen MR) is 52.4 cm³/mol. The van der Waals surface area contributed by atoms with Gasteiger partial charge in [-0.25, -0.2) is 0 Å². The molecule has 0 saturated heterocycles. The van der Waals surface area contributed by atoms with E-state index < -0.39 is 16.7 Å². The van der Waals surface area contributed by atoms with Crippen molar-refractivity contribution in [2.45, 2.75) is 12.8 Å². The van der Waals surface area contributed by atoms with Gasteiger partial charge in [-0.05, 0) is 13.0 Å². The van der Waals surface area contributed by atoms with E-state index in [2.05, 4.69) is 0 Å². The summed E-state index contributed by atoms with van der Waals surface area (Å²) in [6, 6.07) is 3.48. The van der Waals surface area contributed by atoms with Crippen molar-refractivity contribution in [2.75, 3.05) is 0 Å². The van der Waals surface area contributed by atoms with Crippen LogP contribution in [0.2, 0.25) is 0 Å². The lowest BCUT2D eigenvalue weighted by Crippen LogP contribution is -2.18. The van der Waals surface area contributed by atoms with E-state index in [-0.39, 0.29) is 17.0 Å². The van der Waals surface area contributed by atoms with Gasteiger partial charge in [0.25, 0.3) is 5.69 Å². The topological polar surface area (TPSA) is 106 Å². The number of phenols is 1. The summed E-state index contributed by atoms with van der Waals surface area (Å²) in [5, 5.41) is 19.9. The second kappa shape index (κ2) is 3.95. The molecule has 0 bridgehead atoms. The van der Waals surface area contributed by atoms with Crippen LogP contribution in [-0.2, 0) is 4.79 Å². The van der Waals surface area contributed by atoms with E-state index in [9.17, 15) is 20.0 Å². The van der Waals surface area contributed by atoms with Crippen LogP contribution in [0.25, 0.3) is 0 Å². The number of nitrogens with two attached hydrogens (primary N) is 1. The highest BCUT2D eigenvalue weighted by Crippen LogP contribution is 2.29. The van der Waals surface area contributed by atoms with Crippen LogP contribution in [0.1, 0.15) is 18.4 Å². The fourth-order valence-electron chi connectivity index (χ4n) is 1.16. The molecule has 15 heavy (non-hydrogen) atoms. The molecule has 0 aromatic heterocycles. The number of aromatic hydroxyl groups is 1. The van der Waals surface area contributed by atoms with Gasteiger partial charge in [-0.2, -0.15) is 0 Å². The van der Waals surface area contributed by atoms with E-state index in [1.165, 1.54) is 13.0 Å². The van der Waals surface area contributed by atoms with Gasteiger partial charge in [-0.15, -0.1) is 0 Å². The lowest BCUT2D eigenvalue weighted by molar-refractivity contribution is -0.384. The summed E-state index contributed by atoms with van der Waals surface area (Å²) < 4.78 is 0. The van der Waals surface area contributed by atoms with Crippen LogP contribution in [0.3, 0.4) is 0 Å². The van der Waals surface area contributed by atoms with E-state index in [1.54, 1.807) is 0 Å². The first-order valence-corrected chi connectivity index (χ1v) is 4.20. The highest BCUT2D eigenvalue weighted by molar-refractivity contribution is 5.82. The molecule has 6 nitrogen and oxygen atoms in total. The third-order valence-electron chi connectivity index (χ3n) is 2.12. The second-order valence-electron chi connectivity index (χ2n) is 3.12. The predicted octanol–water partition coefficient (Wildman–Crippen LogP) is 0.889. The standard InChI is InChI=1S/C9H10N2O4/c1-5(9(10)13)7-4-6(11(14)15)2-3-8(7)12/h2-5,12H,1H3,(H2,10,13). The van der Waals surface area contributed by atoms with E-state index in [4.69, 9.17) is 5.73 Å². The van der Waals surface area contributed by atoms with Crippen LogP contribution in [0.15, 0.2) is 18.2 Å². The summed E-state index contributed by atoms with van der Waals surface area (Å²) in [5.41, 5.74) is 5.02. The molecule has 0 spiro atoms. The van der Waals surface area contributed by atoms with Gasteiger partial charge in [0, 0.05) is 17.7 Å². The number of hydrogen-bond donors (Lipinski definition) is 2. The number of primary amides is 1. The van der Waals surface area contributed by atoms with Crippen LogP contribution >= 0.6 is 0 Å². The van der Waals surface area contributed by atoms with Crippen LogP contribution in [0, 0.1) is 10.1 Å². The third kappa shape index (κ3) is 2.22. The van der Waals surface area contributed by atoms with Gasteiger partial charge < -0.3 is 10.8 Å². The second-order valence-corrected chi connectivity index (χ2v) is 3.12. The number of rotatable bonds is 3. The first kappa shape index (κ1) is 11.0. The highest BCUT2D eigenvalue weighted by Gasteiger charge is 2.19. The summed E-state index contributed by atoms with van der Waals surface area (Å²) in [6.45, 7) is 1.47. The molecule has 80 valence electrons. The van der Waals surface area contributed by atoms with Gasteiger partial charge in [0.05, 0.1) is 10.8 Å². The minimum atomic E-state index is -0.759. The van der Waals surface area contributed by atoms with Crippen molar-refractivity contribution in [3.8, 4) is 5.75 Å². The molecule has 1 amide bonds. The molecule has 0 fully saturated rings. The van der Waals surface area contributed by atoms with Crippen LogP contribution in [0.4, 0.5) is 5.69 Å². The molecule has 1 aromatic carbocycles. The number of carbonyl (C=O) groups is 1. The first-order chi connectivity index (χ1) is 6.93. The number of amides is 1. The number of nitro groups is 1. The van der Waals surface area contributed by atoms with Crippen molar-refractivity contribution in [3.05, 3.63) is 33.9 Å². The van der Waals surface area contributed by atoms with Crippen molar-refractivity contribution < 1.29 is 14.8 Å². The highest BCUT2D eigenvalue weighted by atomic mass is 16.6. The lowest BCUT2D eigenvalue weighted by atomic mass is 9.99. The molecule has 0 heterocycles. The smallest absolute Gasteiger partial charge is 0.269 e. The van der Waals surface area contributed by atoms with E-state index in [0.29, 0.717) is 0 Å². The Hall–Kier alpha value is -2.11. The number of phenolic OH excluding ortho intramolecular Hbond substituents is 1. The Morgan fingerprint density at radius 2 is 2.20 bits per heavy atom. The van der Waals surface area contributed by atoms with Crippen molar-refractivity contribution in [1.82, 2.24) is 0 Å². The SMILES string of the molecule is CC(C(N)=O)c1cc([N+](=O)[O-])ccc1O. The lowest BCUT2D eigenvalue weighted by Gasteiger charge is -2.09. The number of nitrogens with zero attached hydrogens (tertiary/aromatic N) is 1. The summed E-state index contributed by atoms with van der Waals surface area (Å²) in [7, 11) is 0. The molecule has 3 N–H and O–H groups in total. The molecular formula is C9H10N2O4. The van der Waals surface area contributed by atoms with Gasteiger partial charge in [0.2, 0.25) is 5.91 Å². The zero-order valence-electron chi connectivity index (χ0n) is 8.01. The van der Waals surface area contributed by atoms with Crippen LogP contribution in [0.5, 0.6) is 5.75 Å². The quantitative estimate of drug-likeness (QED) is 0.570. The number of hydrogen-bond acceptors (Lipinski definition) is 4. The van der Waals surface area contributed by atoms with Gasteiger partial charge in [-0.3, -0.25) is 14.9 Å². The van der Waals surface area contributed by atoms with E-state index >= 15 is 0 Å². The van der Waals surface area contributed by atoms with Crippen molar-refractivity contribution >= 4 is 11.6 Å². The molecule has 0 radical (unpaired) electrons. The Bertz CT molecular complexity index is 417. The molecule has 1 aromatic rings. The minimum Gasteiger partial charge on any atom is -0.508 e. The Morgan fingerprint density at radius 3 is 2.67 bits per heavy atom. The van der Waals surface area contributed by atoms with Gasteiger partial charge in [-0.1, -0.05) is 0 Å². The maximum Gasteiger partial charge on any atom is 0.269 e. The zero-order valence-corrected chi connectivity index (χ0v) is 8.01. The molecule has 1 atom stereocenters. The van der Waals surface area contributed by atoms with E-state index in [1.807, 2.05) is 0 Å². The molecule has 0 aliphatic carbocycles. The maximum absolute atomic E-state index is 10.9. The third-order valence-corrected chi connectivity index (χ3v) is 2.12. The normalized spacial score (nSPS) is 12.1. The van der Waals surface area contributed by atoms with Crippen molar-refractivity contribution in [3.63, 3.8) is 0 Å². The summed E-state index contributed by atoms with van der Waals surface area (Å²) in [6.07, 6.45) is 0. The molecule has 1 unspecified atom stereocenters. The monoisotopic (exact) mass is 210 g/mol. The van der Waals surface area contributed by atoms with Crippen molar-refractivity contribution in [1.29, 1.82) is 0 Å². The number of benzene rings is 1. The Balaban J connectivity index is 3.22. The average molecular weight is 210 g/mol. The van der Waals surface area contributed by atoms with Crippen molar-refractivity contribution in [2.24, 2.45) is 5.73 Å². The molecule has 0 aliphatic heterocycles. The molecule has 0 saturated carbocycles. The average Bonchev–Trinajstić information content (AvgIpc) is 2.16. The fraction of sp³-hybridized carbons (Fsp3) is 0.222. The maximum atomic E-state index is 10.9. The van der Waals surface area contributed by atoms with Crippen LogP contribution in [-0.4, -0.2) is 15.9 Å². The Kier molecular flexibility index (Phi) is 2.89. The minimum absolute atomic E-state index is 0.164. The number of carbonyl (C=O) groups excluding carboxylic acids is 1. The fourth-order valence-corrected chi connectivity index (χ4v) is 1.16. The molecule has 0 aliphatic rings.